The lowest BCUT2D eigenvalue weighted by molar-refractivity contribution is 0.0588. The molecule has 0 saturated heterocycles. The summed E-state index contributed by atoms with van der Waals surface area (Å²) in [5.41, 5.74) is 5.05. The summed E-state index contributed by atoms with van der Waals surface area (Å²) in [7, 11) is 1.54. The first-order chi connectivity index (χ1) is 7.31. The summed E-state index contributed by atoms with van der Waals surface area (Å²) < 4.78 is 5.17. The number of ether oxygens (including phenoxy) is 1. The Kier molecular flexibility index (Phi) is 3.31. The van der Waals surface area contributed by atoms with Crippen LogP contribution < -0.4 is 10.6 Å². The number of hydrogen-bond acceptors (Lipinski definition) is 5. The van der Waals surface area contributed by atoms with Crippen molar-refractivity contribution in [3.05, 3.63) is 12.4 Å². The number of anilines is 2. The SMILES string of the molecule is CN(C(=O)OC(C)(C)C)c1nccnc1N. The maximum Gasteiger partial charge on any atom is 0.415 e. The van der Waals surface area contributed by atoms with Crippen molar-refractivity contribution in [2.24, 2.45) is 0 Å². The molecule has 1 heterocycles. The van der Waals surface area contributed by atoms with E-state index < -0.39 is 11.7 Å². The Labute approximate surface area is 94.4 Å². The summed E-state index contributed by atoms with van der Waals surface area (Å²) >= 11 is 0. The first-order valence-corrected chi connectivity index (χ1v) is 4.84. The molecular formula is C10H16N4O2. The zero-order valence-electron chi connectivity index (χ0n) is 9.89. The minimum Gasteiger partial charge on any atom is -0.443 e. The van der Waals surface area contributed by atoms with Crippen LogP contribution in [0, 0.1) is 0 Å². The maximum absolute atomic E-state index is 11.7. The van der Waals surface area contributed by atoms with E-state index in [0.717, 1.165) is 0 Å². The van der Waals surface area contributed by atoms with E-state index in [9.17, 15) is 4.79 Å². The van der Waals surface area contributed by atoms with E-state index in [4.69, 9.17) is 10.5 Å². The lowest BCUT2D eigenvalue weighted by Crippen LogP contribution is -2.35. The average Bonchev–Trinajstić information content (AvgIpc) is 2.15. The number of rotatable bonds is 1. The number of nitrogens with zero attached hydrogens (tertiary/aromatic N) is 3. The third-order valence-electron chi connectivity index (χ3n) is 1.69. The minimum atomic E-state index is -0.553. The highest BCUT2D eigenvalue weighted by Crippen LogP contribution is 2.18. The van der Waals surface area contributed by atoms with E-state index in [1.54, 1.807) is 20.8 Å². The largest absolute Gasteiger partial charge is 0.443 e. The van der Waals surface area contributed by atoms with Gasteiger partial charge >= 0.3 is 6.09 Å². The van der Waals surface area contributed by atoms with Gasteiger partial charge in [-0.05, 0) is 20.8 Å². The fourth-order valence-corrected chi connectivity index (χ4v) is 1.02. The van der Waals surface area contributed by atoms with Crippen molar-refractivity contribution in [1.82, 2.24) is 9.97 Å². The van der Waals surface area contributed by atoms with Gasteiger partial charge in [-0.25, -0.2) is 14.8 Å². The number of nitrogen functional groups attached to an aromatic ring is 1. The zero-order chi connectivity index (χ0) is 12.3. The van der Waals surface area contributed by atoms with Crippen LogP contribution in [0.3, 0.4) is 0 Å². The quantitative estimate of drug-likeness (QED) is 0.780. The molecular weight excluding hydrogens is 208 g/mol. The fourth-order valence-electron chi connectivity index (χ4n) is 1.02. The third kappa shape index (κ3) is 3.08. The highest BCUT2D eigenvalue weighted by atomic mass is 16.6. The van der Waals surface area contributed by atoms with E-state index >= 15 is 0 Å². The highest BCUT2D eigenvalue weighted by Gasteiger charge is 2.22. The lowest BCUT2D eigenvalue weighted by atomic mass is 10.2. The van der Waals surface area contributed by atoms with Crippen molar-refractivity contribution in [2.45, 2.75) is 26.4 Å². The summed E-state index contributed by atoms with van der Waals surface area (Å²) in [6.07, 6.45) is 2.41. The van der Waals surface area contributed by atoms with Crippen molar-refractivity contribution >= 4 is 17.7 Å². The van der Waals surface area contributed by atoms with Gasteiger partial charge < -0.3 is 10.5 Å². The van der Waals surface area contributed by atoms with Crippen LogP contribution in [-0.4, -0.2) is 28.7 Å². The molecule has 0 bridgehead atoms. The number of carbonyl (C=O) groups is 1. The van der Waals surface area contributed by atoms with E-state index in [2.05, 4.69) is 9.97 Å². The molecule has 0 atom stereocenters. The molecule has 1 aromatic heterocycles. The van der Waals surface area contributed by atoms with E-state index in [1.807, 2.05) is 0 Å². The zero-order valence-corrected chi connectivity index (χ0v) is 9.89. The molecule has 0 saturated carbocycles. The molecule has 1 aromatic rings. The molecule has 0 aliphatic carbocycles. The Morgan fingerprint density at radius 3 is 2.44 bits per heavy atom. The van der Waals surface area contributed by atoms with Gasteiger partial charge in [-0.2, -0.15) is 0 Å². The van der Waals surface area contributed by atoms with Crippen molar-refractivity contribution in [1.29, 1.82) is 0 Å². The second kappa shape index (κ2) is 4.34. The second-order valence-electron chi connectivity index (χ2n) is 4.30. The van der Waals surface area contributed by atoms with Gasteiger partial charge in [0.25, 0.3) is 0 Å². The first kappa shape index (κ1) is 12.2. The standard InChI is InChI=1S/C10H16N4O2/c1-10(2,3)16-9(15)14(4)8-7(11)12-5-6-13-8/h5-6H,1-4H3,(H2,11,12). The van der Waals surface area contributed by atoms with E-state index in [-0.39, 0.29) is 11.6 Å². The summed E-state index contributed by atoms with van der Waals surface area (Å²) in [6.45, 7) is 5.37. The maximum atomic E-state index is 11.7. The molecule has 6 nitrogen and oxygen atoms in total. The Morgan fingerprint density at radius 2 is 1.94 bits per heavy atom. The predicted molar refractivity (Wildman–Crippen MR) is 61.1 cm³/mol. The van der Waals surface area contributed by atoms with Crippen LogP contribution in [0.15, 0.2) is 12.4 Å². The van der Waals surface area contributed by atoms with Crippen LogP contribution in [-0.2, 0) is 4.74 Å². The number of aromatic nitrogens is 2. The van der Waals surface area contributed by atoms with Gasteiger partial charge in [0, 0.05) is 19.4 Å². The van der Waals surface area contributed by atoms with Gasteiger partial charge in [-0.1, -0.05) is 0 Å². The monoisotopic (exact) mass is 224 g/mol. The molecule has 0 radical (unpaired) electrons. The highest BCUT2D eigenvalue weighted by molar-refractivity contribution is 5.88. The number of carbonyl (C=O) groups excluding carboxylic acids is 1. The molecule has 0 fully saturated rings. The molecule has 16 heavy (non-hydrogen) atoms. The molecule has 6 heteroatoms. The molecule has 88 valence electrons. The van der Waals surface area contributed by atoms with Gasteiger partial charge in [0.2, 0.25) is 0 Å². The number of nitrogens with two attached hydrogens (primary N) is 1. The van der Waals surface area contributed by atoms with Gasteiger partial charge in [-0.3, -0.25) is 4.90 Å². The molecule has 1 rings (SSSR count). The van der Waals surface area contributed by atoms with Crippen molar-refractivity contribution in [3.8, 4) is 0 Å². The topological polar surface area (TPSA) is 81.3 Å². The van der Waals surface area contributed by atoms with Crippen LogP contribution in [0.5, 0.6) is 0 Å². The van der Waals surface area contributed by atoms with E-state index in [0.29, 0.717) is 0 Å². The van der Waals surface area contributed by atoms with Crippen molar-refractivity contribution < 1.29 is 9.53 Å². The van der Waals surface area contributed by atoms with Crippen molar-refractivity contribution in [3.63, 3.8) is 0 Å². The minimum absolute atomic E-state index is 0.191. The smallest absolute Gasteiger partial charge is 0.415 e. The van der Waals surface area contributed by atoms with Gasteiger partial charge in [-0.15, -0.1) is 0 Å². The van der Waals surface area contributed by atoms with Crippen LogP contribution >= 0.6 is 0 Å². The number of hydrogen-bond donors (Lipinski definition) is 1. The average molecular weight is 224 g/mol. The van der Waals surface area contributed by atoms with Crippen molar-refractivity contribution in [2.75, 3.05) is 17.7 Å². The Hall–Kier alpha value is -1.85. The molecule has 1 amide bonds. The second-order valence-corrected chi connectivity index (χ2v) is 4.30. The van der Waals surface area contributed by atoms with Gasteiger partial charge in [0.15, 0.2) is 11.6 Å². The predicted octanol–water partition coefficient (Wildman–Crippen LogP) is 1.43. The van der Waals surface area contributed by atoms with Crippen LogP contribution in [0.2, 0.25) is 0 Å². The summed E-state index contributed by atoms with van der Waals surface area (Å²) in [4.78, 5) is 20.7. The Balaban J connectivity index is 2.83. The van der Waals surface area contributed by atoms with Gasteiger partial charge in [0.1, 0.15) is 5.60 Å². The molecule has 0 unspecified atom stereocenters. The van der Waals surface area contributed by atoms with Crippen LogP contribution in [0.25, 0.3) is 0 Å². The Bertz CT molecular complexity index is 387. The molecule has 0 aromatic carbocycles. The van der Waals surface area contributed by atoms with Crippen LogP contribution in [0.1, 0.15) is 20.8 Å². The summed E-state index contributed by atoms with van der Waals surface area (Å²) in [5, 5.41) is 0. The third-order valence-corrected chi connectivity index (χ3v) is 1.69. The fraction of sp³-hybridized carbons (Fsp3) is 0.500. The number of amides is 1. The lowest BCUT2D eigenvalue weighted by Gasteiger charge is -2.24. The first-order valence-electron chi connectivity index (χ1n) is 4.84. The summed E-state index contributed by atoms with van der Waals surface area (Å²) in [5.74, 6) is 0.479. The molecule has 0 aliphatic heterocycles. The molecule has 0 aliphatic rings. The molecule has 2 N–H and O–H groups in total. The van der Waals surface area contributed by atoms with Gasteiger partial charge in [0.05, 0.1) is 0 Å². The molecule has 0 spiro atoms. The normalized spacial score (nSPS) is 11.0. The van der Waals surface area contributed by atoms with Crippen LogP contribution in [0.4, 0.5) is 16.4 Å². The summed E-state index contributed by atoms with van der Waals surface area (Å²) in [6, 6.07) is 0. The van der Waals surface area contributed by atoms with E-state index in [1.165, 1.54) is 24.3 Å². The Morgan fingerprint density at radius 1 is 1.38 bits per heavy atom.